The van der Waals surface area contributed by atoms with Gasteiger partial charge in [0, 0.05) is 66.4 Å². The largest absolute Gasteiger partial charge is 0.392 e. The Labute approximate surface area is 276 Å². The maximum atomic E-state index is 15.5. The third-order valence-corrected chi connectivity index (χ3v) is 11.2. The minimum atomic E-state index is -0.510. The molecule has 4 aliphatic rings. The van der Waals surface area contributed by atoms with Crippen LogP contribution in [0.15, 0.2) is 52.0 Å². The summed E-state index contributed by atoms with van der Waals surface area (Å²) in [7, 11) is 1.68. The van der Waals surface area contributed by atoms with Crippen LogP contribution in [0.25, 0.3) is 11.1 Å². The van der Waals surface area contributed by atoms with E-state index >= 15 is 4.39 Å². The molecule has 1 amide bonds. The van der Waals surface area contributed by atoms with Gasteiger partial charge in [-0.2, -0.15) is 0 Å². The zero-order valence-electron chi connectivity index (χ0n) is 28.0. The molecular formula is C38H46FN5O3. The lowest BCUT2D eigenvalue weighted by atomic mass is 9.90. The van der Waals surface area contributed by atoms with Crippen molar-refractivity contribution in [1.29, 1.82) is 0 Å². The number of halogens is 1. The molecule has 0 saturated heterocycles. The molecule has 3 aromatic rings. The van der Waals surface area contributed by atoms with E-state index in [1.807, 2.05) is 6.07 Å². The van der Waals surface area contributed by atoms with E-state index in [4.69, 9.17) is 4.99 Å². The quantitative estimate of drug-likeness (QED) is 0.304. The van der Waals surface area contributed by atoms with Gasteiger partial charge in [0.25, 0.3) is 11.5 Å². The summed E-state index contributed by atoms with van der Waals surface area (Å²) < 4.78 is 19.1. The van der Waals surface area contributed by atoms with Gasteiger partial charge in [0.05, 0.1) is 18.3 Å². The second-order valence-electron chi connectivity index (χ2n) is 14.1. The van der Waals surface area contributed by atoms with E-state index in [-0.39, 0.29) is 23.4 Å². The Kier molecular flexibility index (Phi) is 8.45. The molecule has 2 aromatic heterocycles. The molecule has 1 aromatic carbocycles. The van der Waals surface area contributed by atoms with Gasteiger partial charge in [0.15, 0.2) is 0 Å². The highest BCUT2D eigenvalue weighted by molar-refractivity contribution is 6.07. The van der Waals surface area contributed by atoms with Crippen molar-refractivity contribution in [2.75, 3.05) is 16.8 Å². The van der Waals surface area contributed by atoms with Crippen LogP contribution in [0, 0.1) is 23.6 Å². The van der Waals surface area contributed by atoms with Crippen molar-refractivity contribution in [1.82, 2.24) is 9.13 Å². The number of allylic oxidation sites excluding steroid dienone is 1. The van der Waals surface area contributed by atoms with Gasteiger partial charge in [-0.1, -0.05) is 20.3 Å². The number of aliphatic hydroxyl groups excluding tert-OH is 1. The van der Waals surface area contributed by atoms with Crippen molar-refractivity contribution in [3.8, 4) is 11.1 Å². The fraction of sp³-hybridized carbons (Fsp3) is 0.500. The SMILES string of the molecule is CCC1CCC(C2=NC(C)C(C)C(Nc3cc(-c4cc(F)cc(N5CCn6c(cc7c6CCCC7)C5=O)c4CO)cn(C)c3=O)=C2)C1. The maximum Gasteiger partial charge on any atom is 0.274 e. The Balaban J connectivity index is 1.24. The molecule has 2 N–H and O–H groups in total. The molecular weight excluding hydrogens is 593 g/mol. The molecule has 4 heterocycles. The van der Waals surface area contributed by atoms with Crippen molar-refractivity contribution in [3.05, 3.63) is 80.9 Å². The molecule has 2 aliphatic carbocycles. The average molecular weight is 640 g/mol. The van der Waals surface area contributed by atoms with Crippen molar-refractivity contribution < 1.29 is 14.3 Å². The predicted octanol–water partition coefficient (Wildman–Crippen LogP) is 6.63. The first-order valence-electron chi connectivity index (χ1n) is 17.4. The van der Waals surface area contributed by atoms with Crippen molar-refractivity contribution in [2.45, 2.75) is 91.3 Å². The first-order chi connectivity index (χ1) is 22.7. The zero-order valence-corrected chi connectivity index (χ0v) is 28.0. The lowest BCUT2D eigenvalue weighted by molar-refractivity contribution is 0.0964. The Morgan fingerprint density at radius 2 is 1.87 bits per heavy atom. The van der Waals surface area contributed by atoms with Crippen LogP contribution in [-0.2, 0) is 33.0 Å². The normalized spacial score (nSPS) is 24.1. The molecule has 4 atom stereocenters. The summed E-state index contributed by atoms with van der Waals surface area (Å²) in [5.74, 6) is 0.559. The van der Waals surface area contributed by atoms with Crippen LogP contribution >= 0.6 is 0 Å². The number of aliphatic imine (C=N–C) groups is 1. The summed E-state index contributed by atoms with van der Waals surface area (Å²) in [6.45, 7) is 7.11. The number of fused-ring (bicyclic) bond motifs is 3. The minimum absolute atomic E-state index is 0.0747. The van der Waals surface area contributed by atoms with Crippen LogP contribution in [0.1, 0.15) is 86.6 Å². The number of aryl methyl sites for hydroxylation is 2. The number of hydrogen-bond donors (Lipinski definition) is 2. The summed E-state index contributed by atoms with van der Waals surface area (Å²) in [4.78, 5) is 34.0. The van der Waals surface area contributed by atoms with Crippen molar-refractivity contribution in [2.24, 2.45) is 29.8 Å². The van der Waals surface area contributed by atoms with Crippen molar-refractivity contribution >= 4 is 23.0 Å². The van der Waals surface area contributed by atoms with Gasteiger partial charge in [-0.3, -0.25) is 14.6 Å². The van der Waals surface area contributed by atoms with Crippen LogP contribution in [0.3, 0.4) is 0 Å². The molecule has 0 radical (unpaired) electrons. The Bertz CT molecular complexity index is 1850. The smallest absolute Gasteiger partial charge is 0.274 e. The number of anilines is 2. The molecule has 7 rings (SSSR count). The minimum Gasteiger partial charge on any atom is -0.392 e. The number of pyridine rings is 1. The number of carbonyl (C=O) groups excluding carboxylic acids is 1. The zero-order chi connectivity index (χ0) is 33.0. The summed E-state index contributed by atoms with van der Waals surface area (Å²) in [6.07, 6.45) is 12.7. The topological polar surface area (TPSA) is 91.9 Å². The molecule has 2 aliphatic heterocycles. The summed E-state index contributed by atoms with van der Waals surface area (Å²) >= 11 is 0. The number of aliphatic hydroxyl groups is 1. The van der Waals surface area contributed by atoms with Crippen LogP contribution in [0.2, 0.25) is 0 Å². The fourth-order valence-electron chi connectivity index (χ4n) is 8.28. The van der Waals surface area contributed by atoms with Gasteiger partial charge in [0.1, 0.15) is 17.2 Å². The lowest BCUT2D eigenvalue weighted by Gasteiger charge is -2.32. The molecule has 248 valence electrons. The first-order valence-corrected chi connectivity index (χ1v) is 17.4. The molecule has 0 bridgehead atoms. The van der Waals surface area contributed by atoms with E-state index in [1.54, 1.807) is 24.2 Å². The molecule has 8 nitrogen and oxygen atoms in total. The van der Waals surface area contributed by atoms with Gasteiger partial charge >= 0.3 is 0 Å². The molecule has 9 heteroatoms. The Morgan fingerprint density at radius 3 is 2.64 bits per heavy atom. The number of carbonyl (C=O) groups is 1. The first kappa shape index (κ1) is 31.6. The molecule has 1 fully saturated rings. The number of hydrogen-bond acceptors (Lipinski definition) is 5. The predicted molar refractivity (Wildman–Crippen MR) is 185 cm³/mol. The second-order valence-corrected chi connectivity index (χ2v) is 14.1. The van der Waals surface area contributed by atoms with E-state index in [1.165, 1.54) is 40.8 Å². The van der Waals surface area contributed by atoms with E-state index in [2.05, 4.69) is 36.7 Å². The van der Waals surface area contributed by atoms with Gasteiger partial charge in [0.2, 0.25) is 0 Å². The number of nitrogens with one attached hydrogen (secondary N) is 1. The van der Waals surface area contributed by atoms with Gasteiger partial charge in [-0.25, -0.2) is 4.39 Å². The molecule has 47 heavy (non-hydrogen) atoms. The standard InChI is InChI=1S/C38H46FN5O3/c1-5-24-10-11-25(14-24)32-19-31(22(2)23(3)40-32)41-33-15-27(20-42(4)37(33)46)29-17-28(39)18-35(30(29)21-45)44-13-12-43-34-9-7-6-8-26(34)16-36(43)38(44)47/h15-20,22-25,41,45H,5-14,21H2,1-4H3. The lowest BCUT2D eigenvalue weighted by Crippen LogP contribution is -2.41. The van der Waals surface area contributed by atoms with Gasteiger partial charge in [-0.15, -0.1) is 0 Å². The van der Waals surface area contributed by atoms with Crippen LogP contribution < -0.4 is 15.8 Å². The van der Waals surface area contributed by atoms with E-state index in [9.17, 15) is 14.7 Å². The van der Waals surface area contributed by atoms with E-state index in [0.717, 1.165) is 55.9 Å². The van der Waals surface area contributed by atoms with Crippen LogP contribution in [0.4, 0.5) is 15.8 Å². The van der Waals surface area contributed by atoms with Crippen molar-refractivity contribution in [3.63, 3.8) is 0 Å². The highest BCUT2D eigenvalue weighted by Crippen LogP contribution is 2.39. The summed E-state index contributed by atoms with van der Waals surface area (Å²) in [5.41, 5.74) is 7.18. The molecule has 1 saturated carbocycles. The third kappa shape index (κ3) is 5.66. The van der Waals surface area contributed by atoms with E-state index in [0.29, 0.717) is 52.8 Å². The number of benzene rings is 1. The number of aromatic nitrogens is 2. The monoisotopic (exact) mass is 639 g/mol. The molecule has 0 spiro atoms. The Hall–Kier alpha value is -3.98. The van der Waals surface area contributed by atoms with Crippen LogP contribution in [0.5, 0.6) is 0 Å². The van der Waals surface area contributed by atoms with Gasteiger partial charge in [-0.05, 0) is 99.3 Å². The number of rotatable bonds is 7. The second kappa shape index (κ2) is 12.6. The van der Waals surface area contributed by atoms with E-state index < -0.39 is 12.4 Å². The molecule has 4 unspecified atom stereocenters. The summed E-state index contributed by atoms with van der Waals surface area (Å²) in [5, 5.41) is 14.2. The number of dihydropyridines is 1. The maximum absolute atomic E-state index is 15.5. The highest BCUT2D eigenvalue weighted by Gasteiger charge is 2.33. The number of amides is 1. The van der Waals surface area contributed by atoms with Gasteiger partial charge < -0.3 is 24.5 Å². The highest BCUT2D eigenvalue weighted by atomic mass is 19.1. The number of nitrogens with zero attached hydrogens (tertiary/aromatic N) is 4. The Morgan fingerprint density at radius 1 is 1.06 bits per heavy atom. The summed E-state index contributed by atoms with van der Waals surface area (Å²) in [6, 6.07) is 6.54. The fourth-order valence-corrected chi connectivity index (χ4v) is 8.28. The average Bonchev–Trinajstić information content (AvgIpc) is 3.70. The van der Waals surface area contributed by atoms with Crippen LogP contribution in [-0.4, -0.2) is 38.4 Å². The third-order valence-electron chi connectivity index (χ3n) is 11.2.